The molecule has 25 heavy (non-hydrogen) atoms. The third-order valence-electron chi connectivity index (χ3n) is 3.67. The molecular formula is C18H23IN4O2. The van der Waals surface area contributed by atoms with Crippen molar-refractivity contribution < 1.29 is 9.47 Å². The van der Waals surface area contributed by atoms with Crippen molar-refractivity contribution in [3.63, 3.8) is 0 Å². The summed E-state index contributed by atoms with van der Waals surface area (Å²) in [6.45, 7) is 5.11. The Morgan fingerprint density at radius 1 is 1.16 bits per heavy atom. The van der Waals surface area contributed by atoms with E-state index in [1.54, 1.807) is 6.20 Å². The molecule has 0 aliphatic carbocycles. The fourth-order valence-corrected chi connectivity index (χ4v) is 2.41. The first-order valence-electron chi connectivity index (χ1n) is 8.09. The van der Waals surface area contributed by atoms with Gasteiger partial charge in [0.05, 0.1) is 13.2 Å². The normalized spacial score (nSPS) is 13.0. The van der Waals surface area contributed by atoms with E-state index in [0.717, 1.165) is 36.1 Å². The van der Waals surface area contributed by atoms with Crippen molar-refractivity contribution in [2.24, 2.45) is 4.99 Å². The van der Waals surface area contributed by atoms with Crippen molar-refractivity contribution in [2.75, 3.05) is 26.7 Å². The molecule has 0 fully saturated rings. The number of pyridine rings is 1. The lowest BCUT2D eigenvalue weighted by molar-refractivity contribution is 0.339. The molecule has 1 aromatic heterocycles. The second-order valence-electron chi connectivity index (χ2n) is 5.49. The molecule has 0 bridgehead atoms. The summed E-state index contributed by atoms with van der Waals surface area (Å²) in [6, 6.07) is 11.4. The molecule has 2 aromatic rings. The van der Waals surface area contributed by atoms with Gasteiger partial charge in [-0.25, -0.2) is 4.98 Å². The van der Waals surface area contributed by atoms with Crippen LogP contribution in [0.1, 0.15) is 12.5 Å². The second-order valence-corrected chi connectivity index (χ2v) is 5.49. The molecule has 1 N–H and O–H groups in total. The van der Waals surface area contributed by atoms with E-state index in [1.165, 1.54) is 0 Å². The van der Waals surface area contributed by atoms with Crippen LogP contribution in [0.25, 0.3) is 0 Å². The van der Waals surface area contributed by atoms with Crippen LogP contribution in [0.5, 0.6) is 17.4 Å². The largest absolute Gasteiger partial charge is 0.494 e. The lowest BCUT2D eigenvalue weighted by Gasteiger charge is -2.15. The van der Waals surface area contributed by atoms with Crippen molar-refractivity contribution in [3.8, 4) is 17.4 Å². The Balaban J connectivity index is 0.00000225. The SMILES string of the molecule is CCOc1ccc(Oc2cc(CNC3=NCCN3C)ccn2)cc1.I. The number of guanidine groups is 1. The van der Waals surface area contributed by atoms with Gasteiger partial charge in [0.15, 0.2) is 5.96 Å². The van der Waals surface area contributed by atoms with Crippen LogP contribution < -0.4 is 14.8 Å². The zero-order valence-corrected chi connectivity index (χ0v) is 16.8. The summed E-state index contributed by atoms with van der Waals surface area (Å²) in [6.07, 6.45) is 1.75. The van der Waals surface area contributed by atoms with Gasteiger partial charge in [0.2, 0.25) is 5.88 Å². The number of ether oxygens (including phenoxy) is 2. The Kier molecular flexibility index (Phi) is 7.30. The van der Waals surface area contributed by atoms with Crippen LogP contribution in [0.4, 0.5) is 0 Å². The first-order valence-corrected chi connectivity index (χ1v) is 8.09. The monoisotopic (exact) mass is 454 g/mol. The summed E-state index contributed by atoms with van der Waals surface area (Å²) in [5.74, 6) is 3.06. The van der Waals surface area contributed by atoms with Crippen molar-refractivity contribution in [1.29, 1.82) is 0 Å². The van der Waals surface area contributed by atoms with E-state index in [9.17, 15) is 0 Å². The number of aromatic nitrogens is 1. The average molecular weight is 454 g/mol. The van der Waals surface area contributed by atoms with Gasteiger partial charge < -0.3 is 19.7 Å². The molecule has 2 heterocycles. The molecule has 0 saturated heterocycles. The molecule has 1 aliphatic heterocycles. The maximum absolute atomic E-state index is 5.81. The molecule has 0 atom stereocenters. The fraction of sp³-hybridized carbons (Fsp3) is 0.333. The van der Waals surface area contributed by atoms with E-state index in [0.29, 0.717) is 19.0 Å². The molecule has 0 spiro atoms. The minimum atomic E-state index is 0. The summed E-state index contributed by atoms with van der Waals surface area (Å²) in [5, 5.41) is 3.34. The quantitative estimate of drug-likeness (QED) is 0.680. The smallest absolute Gasteiger partial charge is 0.219 e. The first-order chi connectivity index (χ1) is 11.7. The predicted molar refractivity (Wildman–Crippen MR) is 109 cm³/mol. The fourth-order valence-electron chi connectivity index (χ4n) is 2.41. The van der Waals surface area contributed by atoms with Crippen molar-refractivity contribution in [3.05, 3.63) is 48.2 Å². The average Bonchev–Trinajstić information content (AvgIpc) is 3.01. The van der Waals surface area contributed by atoms with E-state index in [1.807, 2.05) is 50.4 Å². The van der Waals surface area contributed by atoms with Gasteiger partial charge in [0.1, 0.15) is 11.5 Å². The van der Waals surface area contributed by atoms with Gasteiger partial charge in [-0.2, -0.15) is 0 Å². The summed E-state index contributed by atoms with van der Waals surface area (Å²) in [4.78, 5) is 10.8. The van der Waals surface area contributed by atoms with Gasteiger partial charge in [-0.3, -0.25) is 4.99 Å². The molecule has 7 heteroatoms. The van der Waals surface area contributed by atoms with Gasteiger partial charge in [-0.05, 0) is 42.8 Å². The predicted octanol–water partition coefficient (Wildman–Crippen LogP) is 3.28. The Hall–Kier alpha value is -2.03. The van der Waals surface area contributed by atoms with Crippen LogP contribution in [0.3, 0.4) is 0 Å². The molecule has 134 valence electrons. The van der Waals surface area contributed by atoms with Gasteiger partial charge in [0, 0.05) is 32.4 Å². The van der Waals surface area contributed by atoms with E-state index in [4.69, 9.17) is 9.47 Å². The summed E-state index contributed by atoms with van der Waals surface area (Å²) < 4.78 is 11.2. The van der Waals surface area contributed by atoms with Gasteiger partial charge in [-0.15, -0.1) is 24.0 Å². The lowest BCUT2D eigenvalue weighted by Crippen LogP contribution is -2.35. The highest BCUT2D eigenvalue weighted by molar-refractivity contribution is 14.0. The van der Waals surface area contributed by atoms with Crippen LogP contribution in [0.2, 0.25) is 0 Å². The molecule has 3 rings (SSSR count). The summed E-state index contributed by atoms with van der Waals surface area (Å²) >= 11 is 0. The number of hydrogen-bond acceptors (Lipinski definition) is 6. The number of aliphatic imine (C=N–C) groups is 1. The molecular weight excluding hydrogens is 431 g/mol. The van der Waals surface area contributed by atoms with E-state index in [-0.39, 0.29) is 24.0 Å². The maximum atomic E-state index is 5.81. The van der Waals surface area contributed by atoms with Crippen LogP contribution in [0.15, 0.2) is 47.6 Å². The van der Waals surface area contributed by atoms with Crippen molar-refractivity contribution >= 4 is 29.9 Å². The Morgan fingerprint density at radius 3 is 2.60 bits per heavy atom. The topological polar surface area (TPSA) is 59.0 Å². The zero-order chi connectivity index (χ0) is 16.8. The molecule has 0 unspecified atom stereocenters. The highest BCUT2D eigenvalue weighted by atomic mass is 127. The molecule has 0 saturated carbocycles. The van der Waals surface area contributed by atoms with Gasteiger partial charge >= 0.3 is 0 Å². The highest BCUT2D eigenvalue weighted by Crippen LogP contribution is 2.23. The van der Waals surface area contributed by atoms with Crippen LogP contribution in [-0.2, 0) is 6.54 Å². The number of nitrogens with one attached hydrogen (secondary N) is 1. The lowest BCUT2D eigenvalue weighted by atomic mass is 10.2. The van der Waals surface area contributed by atoms with Crippen LogP contribution in [-0.4, -0.2) is 42.6 Å². The first kappa shape index (κ1) is 19.3. The number of likely N-dealkylation sites (N-methyl/N-ethyl adjacent to an activating group) is 1. The zero-order valence-electron chi connectivity index (χ0n) is 14.4. The Labute approximate surface area is 165 Å². The molecule has 0 radical (unpaired) electrons. The number of rotatable bonds is 6. The van der Waals surface area contributed by atoms with Crippen LogP contribution in [0, 0.1) is 0 Å². The maximum Gasteiger partial charge on any atom is 0.219 e. The number of nitrogens with zero attached hydrogens (tertiary/aromatic N) is 3. The summed E-state index contributed by atoms with van der Waals surface area (Å²) in [7, 11) is 2.03. The van der Waals surface area contributed by atoms with E-state index >= 15 is 0 Å². The number of halogens is 1. The third-order valence-corrected chi connectivity index (χ3v) is 3.67. The van der Waals surface area contributed by atoms with Crippen molar-refractivity contribution in [1.82, 2.24) is 15.2 Å². The number of benzene rings is 1. The standard InChI is InChI=1S/C18H22N4O2.HI/c1-3-23-15-4-6-16(7-5-15)24-17-12-14(8-9-19-17)13-21-18-20-10-11-22(18)2;/h4-9,12H,3,10-11,13H2,1-2H3,(H,20,21);1H. The molecule has 0 amide bonds. The summed E-state index contributed by atoms with van der Waals surface area (Å²) in [5.41, 5.74) is 1.09. The second kappa shape index (κ2) is 9.45. The molecule has 1 aliphatic rings. The van der Waals surface area contributed by atoms with Gasteiger partial charge in [0.25, 0.3) is 0 Å². The Bertz CT molecular complexity index is 706. The highest BCUT2D eigenvalue weighted by Gasteiger charge is 2.11. The van der Waals surface area contributed by atoms with Crippen molar-refractivity contribution in [2.45, 2.75) is 13.5 Å². The molecule has 1 aromatic carbocycles. The third kappa shape index (κ3) is 5.48. The minimum Gasteiger partial charge on any atom is -0.494 e. The molecule has 6 nitrogen and oxygen atoms in total. The van der Waals surface area contributed by atoms with E-state index in [2.05, 4.69) is 20.2 Å². The minimum absolute atomic E-state index is 0. The van der Waals surface area contributed by atoms with Gasteiger partial charge in [-0.1, -0.05) is 0 Å². The number of hydrogen-bond donors (Lipinski definition) is 1. The van der Waals surface area contributed by atoms with Crippen LogP contribution >= 0.6 is 24.0 Å². The van der Waals surface area contributed by atoms with E-state index < -0.39 is 0 Å². The Morgan fingerprint density at radius 2 is 1.92 bits per heavy atom.